The van der Waals surface area contributed by atoms with E-state index in [-0.39, 0.29) is 5.57 Å². The highest BCUT2D eigenvalue weighted by Gasteiger charge is 2.02. The summed E-state index contributed by atoms with van der Waals surface area (Å²) < 4.78 is 24.2. The second-order valence-corrected chi connectivity index (χ2v) is 2.57. The molecule has 13 heavy (non-hydrogen) atoms. The summed E-state index contributed by atoms with van der Waals surface area (Å²) in [4.78, 5) is 0. The van der Waals surface area contributed by atoms with E-state index in [1.807, 2.05) is 6.07 Å². The SMILES string of the molecule is CC(=C(F)F)c1ccc(C#N)cc1. The van der Waals surface area contributed by atoms with Crippen molar-refractivity contribution in [2.75, 3.05) is 0 Å². The fourth-order valence-corrected chi connectivity index (χ4v) is 0.904. The van der Waals surface area contributed by atoms with Gasteiger partial charge >= 0.3 is 0 Å². The Morgan fingerprint density at radius 1 is 1.23 bits per heavy atom. The lowest BCUT2D eigenvalue weighted by Crippen LogP contribution is -1.81. The maximum Gasteiger partial charge on any atom is 0.273 e. The number of nitriles is 1. The molecule has 0 unspecified atom stereocenters. The summed E-state index contributed by atoms with van der Waals surface area (Å²) in [6.07, 6.45) is -1.69. The van der Waals surface area contributed by atoms with Gasteiger partial charge in [-0.2, -0.15) is 14.0 Å². The first-order chi connectivity index (χ1) is 6.15. The molecule has 66 valence electrons. The summed E-state index contributed by atoms with van der Waals surface area (Å²) in [5.41, 5.74) is 0.860. The van der Waals surface area contributed by atoms with Crippen molar-refractivity contribution in [3.05, 3.63) is 41.5 Å². The fourth-order valence-electron chi connectivity index (χ4n) is 0.904. The molecule has 0 spiro atoms. The highest BCUT2D eigenvalue weighted by molar-refractivity contribution is 5.64. The van der Waals surface area contributed by atoms with Crippen LogP contribution >= 0.6 is 0 Å². The van der Waals surface area contributed by atoms with Crippen LogP contribution in [-0.4, -0.2) is 0 Å². The minimum Gasteiger partial charge on any atom is -0.192 e. The fraction of sp³-hybridized carbons (Fsp3) is 0.100. The van der Waals surface area contributed by atoms with E-state index >= 15 is 0 Å². The Balaban J connectivity index is 3.08. The number of hydrogen-bond donors (Lipinski definition) is 0. The zero-order valence-corrected chi connectivity index (χ0v) is 7.01. The van der Waals surface area contributed by atoms with Gasteiger partial charge < -0.3 is 0 Å². The van der Waals surface area contributed by atoms with Gasteiger partial charge in [-0.3, -0.25) is 0 Å². The summed E-state index contributed by atoms with van der Waals surface area (Å²) in [5.74, 6) is 0. The van der Waals surface area contributed by atoms with Crippen molar-refractivity contribution in [1.82, 2.24) is 0 Å². The zero-order chi connectivity index (χ0) is 9.84. The molecule has 1 aromatic carbocycles. The lowest BCUT2D eigenvalue weighted by Gasteiger charge is -1.98. The van der Waals surface area contributed by atoms with Crippen LogP contribution < -0.4 is 0 Å². The lowest BCUT2D eigenvalue weighted by atomic mass is 10.1. The smallest absolute Gasteiger partial charge is 0.192 e. The summed E-state index contributed by atoms with van der Waals surface area (Å²) in [7, 11) is 0. The van der Waals surface area contributed by atoms with Crippen molar-refractivity contribution in [3.63, 3.8) is 0 Å². The molecule has 1 rings (SSSR count). The Morgan fingerprint density at radius 2 is 1.77 bits per heavy atom. The van der Waals surface area contributed by atoms with Gasteiger partial charge in [0.1, 0.15) is 0 Å². The Labute approximate surface area is 74.9 Å². The molecule has 0 saturated carbocycles. The third-order valence-corrected chi connectivity index (χ3v) is 1.73. The van der Waals surface area contributed by atoms with E-state index in [0.717, 1.165) is 0 Å². The molecule has 0 aliphatic carbocycles. The van der Waals surface area contributed by atoms with Gasteiger partial charge in [-0.15, -0.1) is 0 Å². The maximum atomic E-state index is 12.1. The van der Waals surface area contributed by atoms with E-state index in [4.69, 9.17) is 5.26 Å². The molecule has 0 radical (unpaired) electrons. The van der Waals surface area contributed by atoms with Crippen LogP contribution in [0, 0.1) is 11.3 Å². The van der Waals surface area contributed by atoms with Crippen molar-refractivity contribution in [2.24, 2.45) is 0 Å². The van der Waals surface area contributed by atoms with Crippen LogP contribution in [0.3, 0.4) is 0 Å². The van der Waals surface area contributed by atoms with Crippen molar-refractivity contribution >= 4 is 5.57 Å². The molecule has 0 amide bonds. The highest BCUT2D eigenvalue weighted by Crippen LogP contribution is 2.19. The third-order valence-electron chi connectivity index (χ3n) is 1.73. The summed E-state index contributed by atoms with van der Waals surface area (Å²) in [6.45, 7) is 1.34. The molecule has 3 heteroatoms. The second-order valence-electron chi connectivity index (χ2n) is 2.57. The van der Waals surface area contributed by atoms with E-state index < -0.39 is 6.08 Å². The average molecular weight is 179 g/mol. The molecule has 0 aliphatic heterocycles. The van der Waals surface area contributed by atoms with Crippen molar-refractivity contribution in [2.45, 2.75) is 6.92 Å². The molecule has 0 saturated heterocycles. The topological polar surface area (TPSA) is 23.8 Å². The van der Waals surface area contributed by atoms with Crippen LogP contribution in [0.4, 0.5) is 8.78 Å². The second kappa shape index (κ2) is 3.81. The largest absolute Gasteiger partial charge is 0.273 e. The average Bonchev–Trinajstić information content (AvgIpc) is 2.17. The lowest BCUT2D eigenvalue weighted by molar-refractivity contribution is 0.425. The van der Waals surface area contributed by atoms with Gasteiger partial charge in [-0.05, 0) is 24.6 Å². The van der Waals surface area contributed by atoms with Crippen LogP contribution in [-0.2, 0) is 0 Å². The molecule has 0 bridgehead atoms. The predicted molar refractivity (Wildman–Crippen MR) is 46.0 cm³/mol. The number of benzene rings is 1. The summed E-state index contributed by atoms with van der Waals surface area (Å²) in [6, 6.07) is 7.96. The Morgan fingerprint density at radius 3 is 2.15 bits per heavy atom. The molecule has 0 fully saturated rings. The molecule has 1 aromatic rings. The number of nitrogens with zero attached hydrogens (tertiary/aromatic N) is 1. The Kier molecular flexibility index (Phi) is 2.76. The number of hydrogen-bond acceptors (Lipinski definition) is 1. The third kappa shape index (κ3) is 2.12. The monoisotopic (exact) mass is 179 g/mol. The van der Waals surface area contributed by atoms with Gasteiger partial charge in [0.25, 0.3) is 6.08 Å². The summed E-state index contributed by atoms with van der Waals surface area (Å²) >= 11 is 0. The van der Waals surface area contributed by atoms with Crippen LogP contribution in [0.15, 0.2) is 30.3 Å². The van der Waals surface area contributed by atoms with Gasteiger partial charge in [0.15, 0.2) is 0 Å². The number of halogens is 2. The first-order valence-electron chi connectivity index (χ1n) is 3.67. The quantitative estimate of drug-likeness (QED) is 0.649. The number of allylic oxidation sites excluding steroid dienone is 1. The van der Waals surface area contributed by atoms with E-state index in [1.165, 1.54) is 31.2 Å². The van der Waals surface area contributed by atoms with Gasteiger partial charge in [-0.25, -0.2) is 0 Å². The van der Waals surface area contributed by atoms with Crippen LogP contribution in [0.2, 0.25) is 0 Å². The van der Waals surface area contributed by atoms with Gasteiger partial charge in [0.2, 0.25) is 0 Å². The van der Waals surface area contributed by atoms with Crippen LogP contribution in [0.1, 0.15) is 18.1 Å². The van der Waals surface area contributed by atoms with Crippen molar-refractivity contribution < 1.29 is 8.78 Å². The molecule has 0 aromatic heterocycles. The molecular formula is C10H7F2N. The minimum atomic E-state index is -1.69. The summed E-state index contributed by atoms with van der Waals surface area (Å²) in [5, 5.41) is 8.47. The maximum absolute atomic E-state index is 12.1. The van der Waals surface area contributed by atoms with E-state index in [2.05, 4.69) is 0 Å². The van der Waals surface area contributed by atoms with E-state index in [9.17, 15) is 8.78 Å². The molecule has 1 nitrogen and oxygen atoms in total. The molecule has 0 atom stereocenters. The Hall–Kier alpha value is -1.69. The van der Waals surface area contributed by atoms with Gasteiger partial charge in [-0.1, -0.05) is 12.1 Å². The molecular weight excluding hydrogens is 172 g/mol. The number of rotatable bonds is 1. The van der Waals surface area contributed by atoms with E-state index in [0.29, 0.717) is 11.1 Å². The van der Waals surface area contributed by atoms with Gasteiger partial charge in [0.05, 0.1) is 11.6 Å². The van der Waals surface area contributed by atoms with Crippen LogP contribution in [0.5, 0.6) is 0 Å². The first-order valence-corrected chi connectivity index (χ1v) is 3.67. The highest BCUT2D eigenvalue weighted by atomic mass is 19.3. The van der Waals surface area contributed by atoms with Crippen molar-refractivity contribution in [1.29, 1.82) is 5.26 Å². The normalized spacial score (nSPS) is 9.08. The first kappa shape index (κ1) is 9.40. The standard InChI is InChI=1S/C10H7F2N/c1-7(10(11)12)9-4-2-8(6-13)3-5-9/h2-5H,1H3. The van der Waals surface area contributed by atoms with Crippen molar-refractivity contribution in [3.8, 4) is 6.07 Å². The molecule has 0 N–H and O–H groups in total. The predicted octanol–water partition coefficient (Wildman–Crippen LogP) is 3.19. The zero-order valence-electron chi connectivity index (χ0n) is 7.01. The van der Waals surface area contributed by atoms with E-state index in [1.54, 1.807) is 0 Å². The van der Waals surface area contributed by atoms with Crippen LogP contribution in [0.25, 0.3) is 5.57 Å². The molecule has 0 aliphatic rings. The van der Waals surface area contributed by atoms with Gasteiger partial charge in [0, 0.05) is 5.57 Å². The molecule has 0 heterocycles. The Bertz CT molecular complexity index is 367. The minimum absolute atomic E-state index is 0.0514.